The molecule has 0 atom stereocenters. The molecule has 0 aromatic heterocycles. The molecule has 0 aliphatic carbocycles. The Morgan fingerprint density at radius 1 is 1.13 bits per heavy atom. The second-order valence-electron chi connectivity index (χ2n) is 5.26. The minimum absolute atomic E-state index is 0.0506. The van der Waals surface area contributed by atoms with E-state index in [1.165, 1.54) is 0 Å². The number of methoxy groups -OCH3 is 1. The highest BCUT2D eigenvalue weighted by Gasteiger charge is 2.14. The quantitative estimate of drug-likeness (QED) is 0.646. The molecular weight excluding hydrogens is 294 g/mol. The number of hydrogen-bond acceptors (Lipinski definition) is 4. The number of carbonyl (C=O) groups is 2. The number of anilines is 1. The number of nitrogens with zero attached hydrogens (tertiary/aromatic N) is 1. The van der Waals surface area contributed by atoms with Crippen LogP contribution in [0.5, 0.6) is 5.75 Å². The number of hydrogen-bond donors (Lipinski definition) is 2. The minimum Gasteiger partial charge on any atom is -0.495 e. The van der Waals surface area contributed by atoms with E-state index in [-0.39, 0.29) is 24.9 Å². The average molecular weight is 321 g/mol. The lowest BCUT2D eigenvalue weighted by molar-refractivity contribution is -0.123. The average Bonchev–Trinajstić information content (AvgIpc) is 2.54. The maximum atomic E-state index is 12.2. The van der Waals surface area contributed by atoms with Gasteiger partial charge in [0.05, 0.1) is 25.9 Å². The van der Waals surface area contributed by atoms with Crippen LogP contribution in [0.2, 0.25) is 0 Å². The highest BCUT2D eigenvalue weighted by Crippen LogP contribution is 2.22. The van der Waals surface area contributed by atoms with Gasteiger partial charge in [0, 0.05) is 6.54 Å². The fraction of sp³-hybridized carbons (Fsp3) is 0.529. The Hall–Kier alpha value is -2.08. The molecular formula is C17H27N3O3. The van der Waals surface area contributed by atoms with Crippen molar-refractivity contribution in [2.75, 3.05) is 38.6 Å². The second-order valence-corrected chi connectivity index (χ2v) is 5.26. The summed E-state index contributed by atoms with van der Waals surface area (Å²) in [6, 6.07) is 7.24. The lowest BCUT2D eigenvalue weighted by Crippen LogP contribution is -2.41. The zero-order valence-corrected chi connectivity index (χ0v) is 14.2. The van der Waals surface area contributed by atoms with Crippen LogP contribution < -0.4 is 15.4 Å². The first-order valence-electron chi connectivity index (χ1n) is 8.02. The Kier molecular flexibility index (Phi) is 8.75. The molecule has 0 fully saturated rings. The molecule has 2 N–H and O–H groups in total. The first-order chi connectivity index (χ1) is 11.1. The number of benzene rings is 1. The summed E-state index contributed by atoms with van der Waals surface area (Å²) in [5.41, 5.74) is 0.628. The van der Waals surface area contributed by atoms with Crippen molar-refractivity contribution in [1.29, 1.82) is 0 Å². The topological polar surface area (TPSA) is 70.7 Å². The molecule has 1 aromatic carbocycles. The van der Waals surface area contributed by atoms with Crippen LogP contribution in [-0.2, 0) is 9.59 Å². The van der Waals surface area contributed by atoms with Crippen LogP contribution in [0.3, 0.4) is 0 Å². The Labute approximate surface area is 138 Å². The van der Waals surface area contributed by atoms with Gasteiger partial charge in [0.15, 0.2) is 0 Å². The molecule has 6 nitrogen and oxygen atoms in total. The first-order valence-corrected chi connectivity index (χ1v) is 8.02. The van der Waals surface area contributed by atoms with Gasteiger partial charge in [0.1, 0.15) is 5.75 Å². The van der Waals surface area contributed by atoms with Crippen molar-refractivity contribution in [3.05, 3.63) is 24.3 Å². The SMILES string of the molecule is CCCCNC(=O)CN(CC)CC(=O)Nc1ccccc1OC. The molecule has 0 radical (unpaired) electrons. The molecule has 128 valence electrons. The van der Waals surface area contributed by atoms with E-state index in [0.29, 0.717) is 24.5 Å². The molecule has 1 aromatic rings. The van der Waals surface area contributed by atoms with Crippen LogP contribution in [0.15, 0.2) is 24.3 Å². The smallest absolute Gasteiger partial charge is 0.238 e. The summed E-state index contributed by atoms with van der Waals surface area (Å²) < 4.78 is 5.20. The van der Waals surface area contributed by atoms with Gasteiger partial charge in [-0.3, -0.25) is 14.5 Å². The monoisotopic (exact) mass is 321 g/mol. The number of para-hydroxylation sites is 2. The van der Waals surface area contributed by atoms with Crippen molar-refractivity contribution < 1.29 is 14.3 Å². The van der Waals surface area contributed by atoms with Crippen molar-refractivity contribution in [2.24, 2.45) is 0 Å². The molecule has 0 spiro atoms. The van der Waals surface area contributed by atoms with E-state index < -0.39 is 0 Å². The van der Waals surface area contributed by atoms with Crippen LogP contribution in [0.4, 0.5) is 5.69 Å². The van der Waals surface area contributed by atoms with Crippen molar-refractivity contribution in [3.8, 4) is 5.75 Å². The van der Waals surface area contributed by atoms with E-state index in [1.807, 2.05) is 19.1 Å². The number of amides is 2. The second kappa shape index (κ2) is 10.6. The Morgan fingerprint density at radius 3 is 2.48 bits per heavy atom. The van der Waals surface area contributed by atoms with Gasteiger partial charge in [0.25, 0.3) is 0 Å². The molecule has 1 rings (SSSR count). The molecule has 6 heteroatoms. The maximum Gasteiger partial charge on any atom is 0.238 e. The van der Waals surface area contributed by atoms with Gasteiger partial charge in [-0.25, -0.2) is 0 Å². The van der Waals surface area contributed by atoms with Gasteiger partial charge in [-0.2, -0.15) is 0 Å². The van der Waals surface area contributed by atoms with Crippen molar-refractivity contribution in [3.63, 3.8) is 0 Å². The predicted octanol–water partition coefficient (Wildman–Crippen LogP) is 1.87. The van der Waals surface area contributed by atoms with Gasteiger partial charge < -0.3 is 15.4 Å². The molecule has 0 saturated carbocycles. The van der Waals surface area contributed by atoms with Gasteiger partial charge in [0.2, 0.25) is 11.8 Å². The van der Waals surface area contributed by atoms with Gasteiger partial charge in [-0.05, 0) is 25.1 Å². The summed E-state index contributed by atoms with van der Waals surface area (Å²) in [6.07, 6.45) is 2.01. The van der Waals surface area contributed by atoms with Gasteiger partial charge >= 0.3 is 0 Å². The van der Waals surface area contributed by atoms with E-state index in [4.69, 9.17) is 4.74 Å². The third-order valence-electron chi connectivity index (χ3n) is 3.42. The van der Waals surface area contributed by atoms with Crippen molar-refractivity contribution in [1.82, 2.24) is 10.2 Å². The summed E-state index contributed by atoms with van der Waals surface area (Å²) in [6.45, 7) is 5.69. The fourth-order valence-electron chi connectivity index (χ4n) is 2.08. The van der Waals surface area contributed by atoms with Crippen molar-refractivity contribution >= 4 is 17.5 Å². The summed E-state index contributed by atoms with van der Waals surface area (Å²) in [5, 5.41) is 5.67. The number of nitrogens with one attached hydrogen (secondary N) is 2. The van der Waals surface area contributed by atoms with Crippen LogP contribution in [0.25, 0.3) is 0 Å². The summed E-state index contributed by atoms with van der Waals surface area (Å²) in [7, 11) is 1.56. The van der Waals surface area contributed by atoms with Crippen LogP contribution in [-0.4, -0.2) is 50.0 Å². The normalized spacial score (nSPS) is 10.4. The summed E-state index contributed by atoms with van der Waals surface area (Å²) in [4.78, 5) is 25.8. The zero-order chi connectivity index (χ0) is 17.1. The Balaban J connectivity index is 2.48. The zero-order valence-electron chi connectivity index (χ0n) is 14.2. The predicted molar refractivity (Wildman–Crippen MR) is 91.7 cm³/mol. The van der Waals surface area contributed by atoms with E-state index in [9.17, 15) is 9.59 Å². The molecule has 0 bridgehead atoms. The highest BCUT2D eigenvalue weighted by molar-refractivity contribution is 5.94. The van der Waals surface area contributed by atoms with Crippen molar-refractivity contribution in [2.45, 2.75) is 26.7 Å². The molecule has 0 heterocycles. The summed E-state index contributed by atoms with van der Waals surface area (Å²) >= 11 is 0. The van der Waals surface area contributed by atoms with Crippen LogP contribution in [0.1, 0.15) is 26.7 Å². The number of carbonyl (C=O) groups excluding carboxylic acids is 2. The lowest BCUT2D eigenvalue weighted by Gasteiger charge is -2.19. The van der Waals surface area contributed by atoms with Crippen LogP contribution >= 0.6 is 0 Å². The number of unbranched alkanes of at least 4 members (excludes halogenated alkanes) is 1. The molecule has 0 aliphatic rings. The highest BCUT2D eigenvalue weighted by atomic mass is 16.5. The van der Waals surface area contributed by atoms with Crippen LogP contribution in [0, 0.1) is 0 Å². The molecule has 0 aliphatic heterocycles. The third kappa shape index (κ3) is 7.15. The Bertz CT molecular complexity index is 506. The fourth-order valence-corrected chi connectivity index (χ4v) is 2.08. The molecule has 0 unspecified atom stereocenters. The molecule has 2 amide bonds. The molecule has 0 saturated heterocycles. The Morgan fingerprint density at radius 2 is 1.83 bits per heavy atom. The van der Waals surface area contributed by atoms with E-state index in [0.717, 1.165) is 12.8 Å². The maximum absolute atomic E-state index is 12.2. The third-order valence-corrected chi connectivity index (χ3v) is 3.42. The minimum atomic E-state index is -0.169. The number of ether oxygens (including phenoxy) is 1. The first kappa shape index (κ1) is 19.0. The molecule has 23 heavy (non-hydrogen) atoms. The van der Waals surface area contributed by atoms with Gasteiger partial charge in [-0.1, -0.05) is 32.4 Å². The van der Waals surface area contributed by atoms with E-state index >= 15 is 0 Å². The lowest BCUT2D eigenvalue weighted by atomic mass is 10.3. The standard InChI is InChI=1S/C17H27N3O3/c1-4-6-11-18-16(21)12-20(5-2)13-17(22)19-14-9-7-8-10-15(14)23-3/h7-10H,4-6,11-13H2,1-3H3,(H,18,21)(H,19,22). The summed E-state index contributed by atoms with van der Waals surface area (Å²) in [5.74, 6) is 0.393. The van der Waals surface area contributed by atoms with E-state index in [1.54, 1.807) is 24.1 Å². The van der Waals surface area contributed by atoms with E-state index in [2.05, 4.69) is 17.6 Å². The number of rotatable bonds is 10. The van der Waals surface area contributed by atoms with Gasteiger partial charge in [-0.15, -0.1) is 0 Å². The largest absolute Gasteiger partial charge is 0.495 e. The number of likely N-dealkylation sites (N-methyl/N-ethyl adjacent to an activating group) is 1.